The fourth-order valence-corrected chi connectivity index (χ4v) is 9.53. The highest BCUT2D eigenvalue weighted by Crippen LogP contribution is 2.49. The van der Waals surface area contributed by atoms with Crippen molar-refractivity contribution in [2.75, 3.05) is 0 Å². The average Bonchev–Trinajstić information content (AvgIpc) is 3.74. The number of nitrogens with zero attached hydrogens (tertiary/aromatic N) is 4. The Hall–Kier alpha value is -7.30. The van der Waals surface area contributed by atoms with Gasteiger partial charge in [0, 0.05) is 48.7 Å². The van der Waals surface area contributed by atoms with E-state index in [-0.39, 0.29) is 0 Å². The molecule has 248 valence electrons. The van der Waals surface area contributed by atoms with E-state index in [4.69, 9.17) is 9.97 Å². The molecule has 13 aromatic rings. The second-order valence-corrected chi connectivity index (χ2v) is 14.5. The van der Waals surface area contributed by atoms with E-state index in [9.17, 15) is 0 Å². The first-order valence-electron chi connectivity index (χ1n) is 18.5. The molecule has 4 aromatic heterocycles. The number of para-hydroxylation sites is 2. The lowest BCUT2D eigenvalue weighted by Crippen LogP contribution is -2.05. The molecule has 0 radical (unpaired) electrons. The van der Waals surface area contributed by atoms with Gasteiger partial charge in [0.15, 0.2) is 5.82 Å². The normalized spacial score (nSPS) is 12.4. The summed E-state index contributed by atoms with van der Waals surface area (Å²) >= 11 is 0. The molecule has 0 aliphatic heterocycles. The maximum atomic E-state index is 5.68. The van der Waals surface area contributed by atoms with Crippen LogP contribution in [0.15, 0.2) is 170 Å². The smallest absolute Gasteiger partial charge is 0.165 e. The zero-order chi connectivity index (χ0) is 35.1. The van der Waals surface area contributed by atoms with Crippen LogP contribution in [0.2, 0.25) is 0 Å². The molecule has 0 fully saturated rings. The molecule has 0 saturated carbocycles. The quantitative estimate of drug-likeness (QED) is 0.170. The van der Waals surface area contributed by atoms with E-state index in [1.165, 1.54) is 70.4 Å². The molecule has 0 bridgehead atoms. The highest BCUT2D eigenvalue weighted by atomic mass is 15.1. The van der Waals surface area contributed by atoms with Crippen LogP contribution in [0.3, 0.4) is 0 Å². The van der Waals surface area contributed by atoms with Gasteiger partial charge < -0.3 is 4.40 Å². The van der Waals surface area contributed by atoms with Crippen LogP contribution >= 0.6 is 0 Å². The maximum Gasteiger partial charge on any atom is 0.165 e. The highest BCUT2D eigenvalue weighted by Gasteiger charge is 2.27. The van der Waals surface area contributed by atoms with E-state index in [1.54, 1.807) is 0 Å². The van der Waals surface area contributed by atoms with Crippen molar-refractivity contribution >= 4 is 103 Å². The summed E-state index contributed by atoms with van der Waals surface area (Å²) in [6.45, 7) is 0. The lowest BCUT2D eigenvalue weighted by Gasteiger charge is -2.16. The van der Waals surface area contributed by atoms with Crippen LogP contribution in [0.5, 0.6) is 0 Å². The van der Waals surface area contributed by atoms with Gasteiger partial charge in [0.1, 0.15) is 5.69 Å². The molecular formula is C50H28N4. The summed E-state index contributed by atoms with van der Waals surface area (Å²) in [6.07, 6.45) is 0. The molecule has 0 unspecified atom stereocenters. The van der Waals surface area contributed by atoms with E-state index in [0.717, 1.165) is 49.9 Å². The molecular weight excluding hydrogens is 657 g/mol. The first-order chi connectivity index (χ1) is 26.8. The van der Waals surface area contributed by atoms with Gasteiger partial charge in [-0.2, -0.15) is 0 Å². The molecule has 0 amide bonds. The van der Waals surface area contributed by atoms with Gasteiger partial charge >= 0.3 is 0 Å². The van der Waals surface area contributed by atoms with E-state index < -0.39 is 0 Å². The van der Waals surface area contributed by atoms with E-state index >= 15 is 0 Å². The van der Waals surface area contributed by atoms with Gasteiger partial charge in [-0.15, -0.1) is 0 Å². The Labute approximate surface area is 308 Å². The molecule has 0 atom stereocenters. The van der Waals surface area contributed by atoms with Gasteiger partial charge in [-0.25, -0.2) is 9.97 Å². The number of hydrogen-bond donors (Lipinski definition) is 0. The van der Waals surface area contributed by atoms with E-state index in [0.29, 0.717) is 0 Å². The van der Waals surface area contributed by atoms with Gasteiger partial charge in [0.05, 0.1) is 38.6 Å². The Kier molecular flexibility index (Phi) is 5.34. The summed E-state index contributed by atoms with van der Waals surface area (Å²) in [7, 11) is 0. The molecule has 0 spiro atoms. The number of hydrogen-bond acceptors (Lipinski definition) is 2. The summed E-state index contributed by atoms with van der Waals surface area (Å²) in [4.78, 5) is 11.3. The lowest BCUT2D eigenvalue weighted by molar-refractivity contribution is 1.09. The van der Waals surface area contributed by atoms with Crippen molar-refractivity contribution in [2.24, 2.45) is 0 Å². The van der Waals surface area contributed by atoms with Crippen LogP contribution < -0.4 is 0 Å². The Morgan fingerprint density at radius 1 is 0.370 bits per heavy atom. The second-order valence-electron chi connectivity index (χ2n) is 14.5. The summed E-state index contributed by atoms with van der Waals surface area (Å²) in [5, 5.41) is 14.5. The van der Waals surface area contributed by atoms with Gasteiger partial charge in [-0.1, -0.05) is 146 Å². The van der Waals surface area contributed by atoms with Crippen molar-refractivity contribution in [3.8, 4) is 17.1 Å². The van der Waals surface area contributed by atoms with Crippen LogP contribution in [-0.2, 0) is 0 Å². The average molecular weight is 685 g/mol. The van der Waals surface area contributed by atoms with Crippen molar-refractivity contribution < 1.29 is 0 Å². The van der Waals surface area contributed by atoms with Crippen molar-refractivity contribution in [1.29, 1.82) is 0 Å². The Morgan fingerprint density at radius 2 is 0.981 bits per heavy atom. The summed E-state index contributed by atoms with van der Waals surface area (Å²) in [5.41, 5.74) is 9.58. The third kappa shape index (κ3) is 3.52. The van der Waals surface area contributed by atoms with Crippen LogP contribution in [0.25, 0.3) is 120 Å². The number of rotatable bonds is 2. The Balaban J connectivity index is 1.38. The SMILES string of the molecule is c1ccc(-c2nc3c(ccc4ccccc43)nc2-n2c3c4ccccc4cc4c5cccc6c7ccccc7n(c7cc8ccccc8c2c7c43)c56)cc1. The Bertz CT molecular complexity index is 3720. The number of benzene rings is 9. The predicted molar refractivity (Wildman–Crippen MR) is 226 cm³/mol. The molecule has 0 aliphatic rings. The monoisotopic (exact) mass is 684 g/mol. The van der Waals surface area contributed by atoms with Crippen molar-refractivity contribution in [3.63, 3.8) is 0 Å². The van der Waals surface area contributed by atoms with Crippen molar-refractivity contribution in [3.05, 3.63) is 170 Å². The van der Waals surface area contributed by atoms with Crippen molar-refractivity contribution in [2.45, 2.75) is 0 Å². The van der Waals surface area contributed by atoms with Gasteiger partial charge in [0.25, 0.3) is 0 Å². The molecule has 13 rings (SSSR count). The van der Waals surface area contributed by atoms with Gasteiger partial charge in [0.2, 0.25) is 0 Å². The first kappa shape index (κ1) is 28.3. The van der Waals surface area contributed by atoms with E-state index in [1.807, 2.05) is 0 Å². The highest BCUT2D eigenvalue weighted by molar-refractivity contribution is 6.38. The molecule has 4 heterocycles. The van der Waals surface area contributed by atoms with Gasteiger partial charge in [-0.05, 0) is 45.8 Å². The molecule has 4 heteroatoms. The third-order valence-corrected chi connectivity index (χ3v) is 11.7. The zero-order valence-electron chi connectivity index (χ0n) is 29.0. The predicted octanol–water partition coefficient (Wildman–Crippen LogP) is 13.0. The summed E-state index contributed by atoms with van der Waals surface area (Å²) < 4.78 is 4.99. The van der Waals surface area contributed by atoms with Crippen molar-refractivity contribution in [1.82, 2.24) is 18.9 Å². The Morgan fingerprint density at radius 3 is 1.78 bits per heavy atom. The molecule has 0 aliphatic carbocycles. The van der Waals surface area contributed by atoms with Crippen LogP contribution in [0.4, 0.5) is 0 Å². The molecule has 0 N–H and O–H groups in total. The summed E-state index contributed by atoms with van der Waals surface area (Å²) in [6, 6.07) is 61.5. The van der Waals surface area contributed by atoms with Gasteiger partial charge in [-0.3, -0.25) is 4.57 Å². The van der Waals surface area contributed by atoms with E-state index in [2.05, 4.69) is 179 Å². The number of fused-ring (bicyclic) bond motifs is 12. The minimum Gasteiger partial charge on any atom is -0.308 e. The van der Waals surface area contributed by atoms with Crippen LogP contribution in [-0.4, -0.2) is 18.9 Å². The third-order valence-electron chi connectivity index (χ3n) is 11.7. The summed E-state index contributed by atoms with van der Waals surface area (Å²) in [5.74, 6) is 0.824. The molecule has 4 nitrogen and oxygen atoms in total. The fraction of sp³-hybridized carbons (Fsp3) is 0. The minimum absolute atomic E-state index is 0.824. The first-order valence-corrected chi connectivity index (χ1v) is 18.5. The molecule has 54 heavy (non-hydrogen) atoms. The fourth-order valence-electron chi connectivity index (χ4n) is 9.53. The topological polar surface area (TPSA) is 35.1 Å². The number of aromatic nitrogens is 4. The second kappa shape index (κ2) is 10.2. The lowest BCUT2D eigenvalue weighted by atomic mass is 9.98. The minimum atomic E-state index is 0.824. The largest absolute Gasteiger partial charge is 0.308 e. The maximum absolute atomic E-state index is 5.68. The zero-order valence-corrected chi connectivity index (χ0v) is 29.0. The molecule has 9 aromatic carbocycles. The van der Waals surface area contributed by atoms with Crippen LogP contribution in [0.1, 0.15) is 0 Å². The standard InChI is InChI=1S/C50H28N4/c1-2-14-30(15-3-1)45-50(51-40-26-25-29-13-4-7-18-33(29)46(40)52-45)54-48-34-19-8-5-16-31(34)27-39-38-23-12-22-37-36-21-10-11-24-41(36)53(47(37)38)42-28-32-17-6-9-20-35(32)49(54)44(42)43(39)48/h1-28H. The molecule has 0 saturated heterocycles. The van der Waals surface area contributed by atoms with Crippen LogP contribution in [0, 0.1) is 0 Å².